The van der Waals surface area contributed by atoms with Gasteiger partial charge in [-0.3, -0.25) is 0 Å². The van der Waals surface area contributed by atoms with Crippen LogP contribution in [0.15, 0.2) is 24.3 Å². The molecule has 14 heavy (non-hydrogen) atoms. The van der Waals surface area contributed by atoms with Crippen LogP contribution in [0.4, 0.5) is 0 Å². The van der Waals surface area contributed by atoms with Crippen molar-refractivity contribution in [1.82, 2.24) is 0 Å². The third-order valence-electron chi connectivity index (χ3n) is 1.79. The molecule has 0 aliphatic rings. The molecule has 78 valence electrons. The molecule has 5 heteroatoms. The van der Waals surface area contributed by atoms with Crippen molar-refractivity contribution in [2.75, 3.05) is 12.0 Å². The molecule has 0 heterocycles. The van der Waals surface area contributed by atoms with Crippen LogP contribution in [0.1, 0.15) is 11.6 Å². The Morgan fingerprint density at radius 1 is 1.43 bits per heavy atom. The van der Waals surface area contributed by atoms with Gasteiger partial charge in [0.25, 0.3) is 0 Å². The summed E-state index contributed by atoms with van der Waals surface area (Å²) < 4.78 is 23.1. The molecule has 0 fully saturated rings. The summed E-state index contributed by atoms with van der Waals surface area (Å²) in [4.78, 5) is 0. The summed E-state index contributed by atoms with van der Waals surface area (Å²) in [6, 6.07) is 7.10. The van der Waals surface area contributed by atoms with Crippen LogP contribution in [-0.2, 0) is 9.84 Å². The molecule has 0 saturated heterocycles. The van der Waals surface area contributed by atoms with Gasteiger partial charge in [0, 0.05) is 15.9 Å². The minimum Gasteiger partial charge on any atom is -0.323 e. The van der Waals surface area contributed by atoms with Gasteiger partial charge in [0.1, 0.15) is 9.84 Å². The van der Waals surface area contributed by atoms with Crippen molar-refractivity contribution in [3.63, 3.8) is 0 Å². The van der Waals surface area contributed by atoms with E-state index in [-0.39, 0.29) is 5.75 Å². The highest BCUT2D eigenvalue weighted by molar-refractivity contribution is 14.1. The Morgan fingerprint density at radius 2 is 2.00 bits per heavy atom. The second kappa shape index (κ2) is 4.59. The van der Waals surface area contributed by atoms with Gasteiger partial charge in [-0.05, 0) is 34.2 Å². The molecule has 0 aliphatic carbocycles. The van der Waals surface area contributed by atoms with Crippen LogP contribution < -0.4 is 5.73 Å². The molecule has 1 atom stereocenters. The number of halogens is 1. The van der Waals surface area contributed by atoms with E-state index in [2.05, 4.69) is 22.6 Å². The Hall–Kier alpha value is -0.140. The third-order valence-corrected chi connectivity index (χ3v) is 3.73. The molecule has 0 amide bonds. The Kier molecular flexibility index (Phi) is 3.91. The van der Waals surface area contributed by atoms with Crippen LogP contribution >= 0.6 is 22.6 Å². The van der Waals surface area contributed by atoms with E-state index in [4.69, 9.17) is 5.73 Å². The van der Waals surface area contributed by atoms with Gasteiger partial charge < -0.3 is 5.73 Å². The van der Waals surface area contributed by atoms with Crippen molar-refractivity contribution < 1.29 is 8.42 Å². The predicted molar refractivity (Wildman–Crippen MR) is 65.8 cm³/mol. The van der Waals surface area contributed by atoms with Gasteiger partial charge in [-0.2, -0.15) is 0 Å². The molecule has 0 radical (unpaired) electrons. The third kappa shape index (κ3) is 3.55. The first-order valence-electron chi connectivity index (χ1n) is 4.08. The van der Waals surface area contributed by atoms with Crippen molar-refractivity contribution in [3.8, 4) is 0 Å². The van der Waals surface area contributed by atoms with Crippen molar-refractivity contribution in [3.05, 3.63) is 33.4 Å². The lowest BCUT2D eigenvalue weighted by Crippen LogP contribution is -2.21. The molecule has 0 saturated carbocycles. The molecule has 0 bridgehead atoms. The summed E-state index contributed by atoms with van der Waals surface area (Å²) in [6.45, 7) is 0. The number of hydrogen-bond donors (Lipinski definition) is 1. The van der Waals surface area contributed by atoms with E-state index in [0.717, 1.165) is 9.13 Å². The van der Waals surface area contributed by atoms with Gasteiger partial charge in [-0.1, -0.05) is 18.2 Å². The van der Waals surface area contributed by atoms with Crippen molar-refractivity contribution in [1.29, 1.82) is 0 Å². The maximum atomic E-state index is 11.0. The predicted octanol–water partition coefficient (Wildman–Crippen LogP) is 1.34. The molecule has 0 aromatic heterocycles. The minimum atomic E-state index is -3.02. The Bertz CT molecular complexity index is 417. The molecule has 1 aromatic carbocycles. The fourth-order valence-electron chi connectivity index (χ4n) is 1.19. The van der Waals surface area contributed by atoms with Crippen LogP contribution in [0.3, 0.4) is 0 Å². The molecule has 0 spiro atoms. The van der Waals surface area contributed by atoms with E-state index in [1.807, 2.05) is 24.3 Å². The fourth-order valence-corrected chi connectivity index (χ4v) is 2.81. The van der Waals surface area contributed by atoms with E-state index in [9.17, 15) is 8.42 Å². The molecule has 1 rings (SSSR count). The van der Waals surface area contributed by atoms with Crippen LogP contribution in [-0.4, -0.2) is 20.4 Å². The molecule has 1 unspecified atom stereocenters. The quantitative estimate of drug-likeness (QED) is 0.853. The topological polar surface area (TPSA) is 60.2 Å². The number of rotatable bonds is 3. The minimum absolute atomic E-state index is 0.00693. The Labute approximate surface area is 97.8 Å². The summed E-state index contributed by atoms with van der Waals surface area (Å²) in [6.07, 6.45) is 1.20. The standard InChI is InChI=1S/C9H12INO2S/c1-14(12,13)6-9(11)7-4-2-3-5-8(7)10/h2-5,9H,6,11H2,1H3. The average molecular weight is 325 g/mol. The van der Waals surface area contributed by atoms with Gasteiger partial charge in [-0.25, -0.2) is 8.42 Å². The zero-order valence-corrected chi connectivity index (χ0v) is 10.7. The highest BCUT2D eigenvalue weighted by Crippen LogP contribution is 2.18. The van der Waals surface area contributed by atoms with E-state index in [1.165, 1.54) is 6.26 Å². The molecule has 2 N–H and O–H groups in total. The number of nitrogens with two attached hydrogens (primary N) is 1. The number of hydrogen-bond acceptors (Lipinski definition) is 3. The van der Waals surface area contributed by atoms with E-state index < -0.39 is 15.9 Å². The highest BCUT2D eigenvalue weighted by Gasteiger charge is 2.14. The van der Waals surface area contributed by atoms with Gasteiger partial charge in [0.2, 0.25) is 0 Å². The second-order valence-corrected chi connectivity index (χ2v) is 6.57. The van der Waals surface area contributed by atoms with Crippen LogP contribution in [0.2, 0.25) is 0 Å². The lowest BCUT2D eigenvalue weighted by atomic mass is 10.1. The summed E-state index contributed by atoms with van der Waals surface area (Å²) in [5.74, 6) is -0.00693. The Morgan fingerprint density at radius 3 is 2.50 bits per heavy atom. The average Bonchev–Trinajstić information content (AvgIpc) is 2.01. The normalized spacial score (nSPS) is 13.9. The highest BCUT2D eigenvalue weighted by atomic mass is 127. The lowest BCUT2D eigenvalue weighted by molar-refractivity contribution is 0.594. The monoisotopic (exact) mass is 325 g/mol. The summed E-state index contributed by atoms with van der Waals surface area (Å²) in [5.41, 5.74) is 6.69. The van der Waals surface area contributed by atoms with Crippen molar-refractivity contribution in [2.24, 2.45) is 5.73 Å². The van der Waals surface area contributed by atoms with Crippen LogP contribution in [0.25, 0.3) is 0 Å². The van der Waals surface area contributed by atoms with E-state index >= 15 is 0 Å². The van der Waals surface area contributed by atoms with Crippen molar-refractivity contribution >= 4 is 32.4 Å². The first-order chi connectivity index (χ1) is 6.40. The molecule has 0 aliphatic heterocycles. The zero-order chi connectivity index (χ0) is 10.8. The van der Waals surface area contributed by atoms with Gasteiger partial charge in [-0.15, -0.1) is 0 Å². The largest absolute Gasteiger partial charge is 0.323 e. The number of benzene rings is 1. The SMILES string of the molecule is CS(=O)(=O)CC(N)c1ccccc1I. The summed E-state index contributed by atoms with van der Waals surface area (Å²) >= 11 is 2.15. The maximum Gasteiger partial charge on any atom is 0.149 e. The lowest BCUT2D eigenvalue weighted by Gasteiger charge is -2.12. The van der Waals surface area contributed by atoms with E-state index in [1.54, 1.807) is 0 Å². The second-order valence-electron chi connectivity index (χ2n) is 3.22. The number of sulfone groups is 1. The zero-order valence-electron chi connectivity index (χ0n) is 7.77. The summed E-state index contributed by atoms with van der Waals surface area (Å²) in [7, 11) is -3.02. The van der Waals surface area contributed by atoms with Crippen molar-refractivity contribution in [2.45, 2.75) is 6.04 Å². The Balaban J connectivity index is 2.90. The smallest absolute Gasteiger partial charge is 0.149 e. The first-order valence-corrected chi connectivity index (χ1v) is 7.22. The van der Waals surface area contributed by atoms with Gasteiger partial charge in [0.15, 0.2) is 0 Å². The molecule has 3 nitrogen and oxygen atoms in total. The first kappa shape index (κ1) is 11.9. The van der Waals surface area contributed by atoms with Crippen LogP contribution in [0.5, 0.6) is 0 Å². The van der Waals surface area contributed by atoms with Gasteiger partial charge >= 0.3 is 0 Å². The van der Waals surface area contributed by atoms with E-state index in [0.29, 0.717) is 0 Å². The molecular formula is C9H12INO2S. The molecule has 1 aromatic rings. The van der Waals surface area contributed by atoms with Crippen LogP contribution in [0, 0.1) is 3.57 Å². The van der Waals surface area contributed by atoms with Gasteiger partial charge in [0.05, 0.1) is 5.75 Å². The maximum absolute atomic E-state index is 11.0. The summed E-state index contributed by atoms with van der Waals surface area (Å²) in [5, 5.41) is 0. The molecular weight excluding hydrogens is 313 g/mol. The fraction of sp³-hybridized carbons (Fsp3) is 0.333.